The van der Waals surface area contributed by atoms with Gasteiger partial charge in [0, 0.05) is 25.0 Å². The number of nitrogens with one attached hydrogen (secondary N) is 1. The van der Waals surface area contributed by atoms with Crippen LogP contribution < -0.4 is 5.32 Å². The topological polar surface area (TPSA) is 45.2 Å². The number of rotatable bonds is 2. The van der Waals surface area contributed by atoms with Crippen molar-refractivity contribution in [2.24, 2.45) is 5.41 Å². The maximum Gasteiger partial charge on any atom is 0.273 e. The van der Waals surface area contributed by atoms with Gasteiger partial charge < -0.3 is 10.2 Å². The second-order valence-corrected chi connectivity index (χ2v) is 8.04. The zero-order valence-electron chi connectivity index (χ0n) is 12.4. The standard InChI is InChI=1S/C16H19N3OS2/c20-15(12-10-22-14(18-12)13-2-1-9-21-13)19-7-4-16(5-8-19)3-6-17-11-16/h1-2,9-10,17H,3-8,11H2. The molecule has 22 heavy (non-hydrogen) atoms. The van der Waals surface area contributed by atoms with E-state index in [2.05, 4.69) is 16.4 Å². The smallest absolute Gasteiger partial charge is 0.273 e. The lowest BCUT2D eigenvalue weighted by molar-refractivity contribution is 0.0603. The number of nitrogens with zero attached hydrogens (tertiary/aromatic N) is 2. The molecule has 0 bridgehead atoms. The molecule has 0 unspecified atom stereocenters. The highest BCUT2D eigenvalue weighted by atomic mass is 32.1. The van der Waals surface area contributed by atoms with Crippen molar-refractivity contribution in [3.8, 4) is 9.88 Å². The number of thiazole rings is 1. The maximum absolute atomic E-state index is 12.6. The van der Waals surface area contributed by atoms with Crippen molar-refractivity contribution in [2.75, 3.05) is 26.2 Å². The molecule has 0 saturated carbocycles. The predicted molar refractivity (Wildman–Crippen MR) is 90.5 cm³/mol. The van der Waals surface area contributed by atoms with Gasteiger partial charge in [-0.2, -0.15) is 0 Å². The molecule has 2 aromatic rings. The molecule has 2 aromatic heterocycles. The number of hydrogen-bond donors (Lipinski definition) is 1. The molecule has 4 heterocycles. The monoisotopic (exact) mass is 333 g/mol. The highest BCUT2D eigenvalue weighted by Crippen LogP contribution is 2.37. The number of likely N-dealkylation sites (tertiary alicyclic amines) is 1. The van der Waals surface area contributed by atoms with Crippen LogP contribution in [0.1, 0.15) is 29.8 Å². The van der Waals surface area contributed by atoms with Crippen LogP contribution in [0.5, 0.6) is 0 Å². The van der Waals surface area contributed by atoms with Gasteiger partial charge in [0.05, 0.1) is 4.88 Å². The summed E-state index contributed by atoms with van der Waals surface area (Å²) in [5.41, 5.74) is 1.05. The van der Waals surface area contributed by atoms with Crippen molar-refractivity contribution in [3.05, 3.63) is 28.6 Å². The Kier molecular flexibility index (Phi) is 3.76. The third-order valence-electron chi connectivity index (χ3n) is 4.90. The van der Waals surface area contributed by atoms with Crippen LogP contribution in [0.4, 0.5) is 0 Å². The van der Waals surface area contributed by atoms with Gasteiger partial charge in [0.15, 0.2) is 0 Å². The molecule has 116 valence electrons. The van der Waals surface area contributed by atoms with Crippen molar-refractivity contribution in [1.82, 2.24) is 15.2 Å². The average Bonchev–Trinajstić information content (AvgIpc) is 3.29. The minimum Gasteiger partial charge on any atom is -0.337 e. The van der Waals surface area contributed by atoms with Crippen LogP contribution in [0.2, 0.25) is 0 Å². The molecule has 0 atom stereocenters. The Morgan fingerprint density at radius 1 is 1.27 bits per heavy atom. The van der Waals surface area contributed by atoms with Gasteiger partial charge in [-0.1, -0.05) is 6.07 Å². The van der Waals surface area contributed by atoms with Crippen LogP contribution in [0, 0.1) is 5.41 Å². The summed E-state index contributed by atoms with van der Waals surface area (Å²) in [6, 6.07) is 4.07. The van der Waals surface area contributed by atoms with Gasteiger partial charge in [-0.3, -0.25) is 4.79 Å². The van der Waals surface area contributed by atoms with Gasteiger partial charge >= 0.3 is 0 Å². The normalized spacial score (nSPS) is 20.6. The third-order valence-corrected chi connectivity index (χ3v) is 6.78. The molecule has 4 rings (SSSR count). The number of thiophene rings is 1. The van der Waals surface area contributed by atoms with Crippen LogP contribution in [-0.4, -0.2) is 42.0 Å². The SMILES string of the molecule is O=C(c1csc(-c2cccs2)n1)N1CCC2(CCNC2)CC1. The van der Waals surface area contributed by atoms with Gasteiger partial charge in [0.25, 0.3) is 5.91 Å². The molecule has 2 aliphatic heterocycles. The zero-order chi connectivity index (χ0) is 15.0. The molecule has 1 amide bonds. The first-order valence-electron chi connectivity index (χ1n) is 7.75. The minimum atomic E-state index is 0.0971. The number of piperidine rings is 1. The molecule has 4 nitrogen and oxygen atoms in total. The summed E-state index contributed by atoms with van der Waals surface area (Å²) in [4.78, 5) is 20.3. The van der Waals surface area contributed by atoms with E-state index in [0.29, 0.717) is 11.1 Å². The van der Waals surface area contributed by atoms with E-state index in [1.807, 2.05) is 21.7 Å². The fourth-order valence-electron chi connectivity index (χ4n) is 3.45. The molecule has 0 aromatic carbocycles. The first-order chi connectivity index (χ1) is 10.8. The summed E-state index contributed by atoms with van der Waals surface area (Å²) in [6.07, 6.45) is 3.50. The van der Waals surface area contributed by atoms with Gasteiger partial charge in [-0.15, -0.1) is 22.7 Å². The summed E-state index contributed by atoms with van der Waals surface area (Å²) in [5, 5.41) is 8.36. The van der Waals surface area contributed by atoms with Crippen molar-refractivity contribution in [1.29, 1.82) is 0 Å². The van der Waals surface area contributed by atoms with Gasteiger partial charge in [0.2, 0.25) is 0 Å². The van der Waals surface area contributed by atoms with Gasteiger partial charge in [-0.25, -0.2) is 4.98 Å². The Morgan fingerprint density at radius 2 is 2.14 bits per heavy atom. The van der Waals surface area contributed by atoms with Crippen LogP contribution in [0.3, 0.4) is 0 Å². The van der Waals surface area contributed by atoms with E-state index in [4.69, 9.17) is 0 Å². The maximum atomic E-state index is 12.6. The largest absolute Gasteiger partial charge is 0.337 e. The lowest BCUT2D eigenvalue weighted by Gasteiger charge is -2.38. The Bertz CT molecular complexity index is 649. The van der Waals surface area contributed by atoms with Crippen LogP contribution in [0.25, 0.3) is 9.88 Å². The molecule has 1 N–H and O–H groups in total. The van der Waals surface area contributed by atoms with Crippen molar-refractivity contribution >= 4 is 28.6 Å². The number of aromatic nitrogens is 1. The Balaban J connectivity index is 1.44. The van der Waals surface area contributed by atoms with Crippen molar-refractivity contribution in [2.45, 2.75) is 19.3 Å². The fraction of sp³-hybridized carbons (Fsp3) is 0.500. The molecular formula is C16H19N3OS2. The summed E-state index contributed by atoms with van der Waals surface area (Å²) < 4.78 is 0. The Morgan fingerprint density at radius 3 is 2.82 bits per heavy atom. The van der Waals surface area contributed by atoms with Crippen LogP contribution in [0.15, 0.2) is 22.9 Å². The summed E-state index contributed by atoms with van der Waals surface area (Å²) >= 11 is 3.23. The van der Waals surface area contributed by atoms with Gasteiger partial charge in [0.1, 0.15) is 10.7 Å². The molecule has 0 radical (unpaired) electrons. The first-order valence-corrected chi connectivity index (χ1v) is 9.51. The van der Waals surface area contributed by atoms with Crippen molar-refractivity contribution in [3.63, 3.8) is 0 Å². The van der Waals surface area contributed by atoms with Crippen LogP contribution in [-0.2, 0) is 0 Å². The molecule has 6 heteroatoms. The second kappa shape index (κ2) is 5.76. The Hall–Kier alpha value is -1.24. The van der Waals surface area contributed by atoms with Gasteiger partial charge in [-0.05, 0) is 42.7 Å². The molecule has 0 aliphatic carbocycles. The number of amides is 1. The first kappa shape index (κ1) is 14.4. The molecule has 2 aliphatic rings. The fourth-order valence-corrected chi connectivity index (χ4v) is 5.06. The minimum absolute atomic E-state index is 0.0971. The van der Waals surface area contributed by atoms with E-state index >= 15 is 0 Å². The van der Waals surface area contributed by atoms with E-state index in [1.165, 1.54) is 6.42 Å². The average molecular weight is 333 g/mol. The summed E-state index contributed by atoms with van der Waals surface area (Å²) in [5.74, 6) is 0.0971. The van der Waals surface area contributed by atoms with Crippen molar-refractivity contribution < 1.29 is 4.79 Å². The highest BCUT2D eigenvalue weighted by Gasteiger charge is 2.38. The molecule has 1 spiro atoms. The third kappa shape index (κ3) is 2.59. The summed E-state index contributed by atoms with van der Waals surface area (Å²) in [7, 11) is 0. The predicted octanol–water partition coefficient (Wildman–Crippen LogP) is 3.09. The lowest BCUT2D eigenvalue weighted by atomic mass is 9.78. The molecule has 2 saturated heterocycles. The second-order valence-electron chi connectivity index (χ2n) is 6.23. The molecule has 2 fully saturated rings. The number of carbonyl (C=O) groups excluding carboxylic acids is 1. The van der Waals surface area contributed by atoms with E-state index in [1.54, 1.807) is 22.7 Å². The number of hydrogen-bond acceptors (Lipinski definition) is 5. The van der Waals surface area contributed by atoms with E-state index < -0.39 is 0 Å². The number of carbonyl (C=O) groups is 1. The van der Waals surface area contributed by atoms with E-state index in [0.717, 1.165) is 48.9 Å². The Labute approximate surface area is 138 Å². The van der Waals surface area contributed by atoms with E-state index in [-0.39, 0.29) is 5.91 Å². The summed E-state index contributed by atoms with van der Waals surface area (Å²) in [6.45, 7) is 3.98. The van der Waals surface area contributed by atoms with E-state index in [9.17, 15) is 4.79 Å². The lowest BCUT2D eigenvalue weighted by Crippen LogP contribution is -2.44. The zero-order valence-corrected chi connectivity index (χ0v) is 14.0. The highest BCUT2D eigenvalue weighted by molar-refractivity contribution is 7.20. The van der Waals surface area contributed by atoms with Crippen LogP contribution >= 0.6 is 22.7 Å². The molecular weight excluding hydrogens is 314 g/mol. The quantitative estimate of drug-likeness (QED) is 0.918.